The molecule has 0 bridgehead atoms. The number of thiophene rings is 1. The SMILES string of the molecule is CC.CCc1csc(C(C)(C)C)c1. The zero-order valence-corrected chi connectivity index (χ0v) is 10.6. The van der Waals surface area contributed by atoms with E-state index in [2.05, 4.69) is 39.1 Å². The van der Waals surface area contributed by atoms with Crippen molar-refractivity contribution in [3.8, 4) is 0 Å². The van der Waals surface area contributed by atoms with Crippen molar-refractivity contribution in [3.05, 3.63) is 21.9 Å². The summed E-state index contributed by atoms with van der Waals surface area (Å²) in [7, 11) is 0. The summed E-state index contributed by atoms with van der Waals surface area (Å²) in [6.07, 6.45) is 1.16. The Hall–Kier alpha value is -0.300. The Morgan fingerprint density at radius 1 is 1.23 bits per heavy atom. The lowest BCUT2D eigenvalue weighted by Gasteiger charge is -2.15. The highest BCUT2D eigenvalue weighted by Crippen LogP contribution is 2.28. The average Bonchev–Trinajstić information content (AvgIpc) is 2.54. The van der Waals surface area contributed by atoms with Crippen molar-refractivity contribution in [2.75, 3.05) is 0 Å². The first kappa shape index (κ1) is 12.7. The molecule has 1 aromatic heterocycles. The maximum atomic E-state index is 2.32. The van der Waals surface area contributed by atoms with Crippen LogP contribution in [0.2, 0.25) is 0 Å². The van der Waals surface area contributed by atoms with E-state index in [9.17, 15) is 0 Å². The summed E-state index contributed by atoms with van der Waals surface area (Å²) in [6.45, 7) is 13.0. The molecule has 1 aromatic rings. The molecule has 0 atom stereocenters. The molecular formula is C12H22S. The van der Waals surface area contributed by atoms with Gasteiger partial charge in [-0.05, 0) is 28.8 Å². The molecule has 0 radical (unpaired) electrons. The molecule has 76 valence electrons. The molecule has 1 heterocycles. The van der Waals surface area contributed by atoms with Gasteiger partial charge >= 0.3 is 0 Å². The molecule has 1 rings (SSSR count). The summed E-state index contributed by atoms with van der Waals surface area (Å²) in [5.74, 6) is 0. The number of rotatable bonds is 1. The molecule has 0 saturated heterocycles. The van der Waals surface area contributed by atoms with Gasteiger partial charge in [0, 0.05) is 4.88 Å². The molecule has 1 heteroatoms. The zero-order valence-electron chi connectivity index (χ0n) is 9.77. The van der Waals surface area contributed by atoms with Crippen LogP contribution in [0.5, 0.6) is 0 Å². The summed E-state index contributed by atoms with van der Waals surface area (Å²) < 4.78 is 0. The first-order valence-corrected chi connectivity index (χ1v) is 6.00. The third-order valence-corrected chi connectivity index (χ3v) is 3.21. The molecular weight excluding hydrogens is 176 g/mol. The van der Waals surface area contributed by atoms with Gasteiger partial charge in [0.2, 0.25) is 0 Å². The van der Waals surface area contributed by atoms with Crippen LogP contribution in [0, 0.1) is 0 Å². The maximum Gasteiger partial charge on any atom is 0.0102 e. The van der Waals surface area contributed by atoms with E-state index in [0.29, 0.717) is 5.41 Å². The molecule has 0 aromatic carbocycles. The molecule has 0 aliphatic rings. The lowest BCUT2D eigenvalue weighted by molar-refractivity contribution is 0.603. The molecule has 0 unspecified atom stereocenters. The Bertz CT molecular complexity index is 228. The lowest BCUT2D eigenvalue weighted by Crippen LogP contribution is -2.07. The lowest BCUT2D eigenvalue weighted by atomic mass is 9.94. The summed E-state index contributed by atoms with van der Waals surface area (Å²) in [4.78, 5) is 1.49. The van der Waals surface area contributed by atoms with Gasteiger partial charge in [0.05, 0.1) is 0 Å². The average molecular weight is 198 g/mol. The molecule has 0 nitrogen and oxygen atoms in total. The van der Waals surface area contributed by atoms with Gasteiger partial charge in [0.25, 0.3) is 0 Å². The first-order valence-electron chi connectivity index (χ1n) is 5.12. The molecule has 0 amide bonds. The topological polar surface area (TPSA) is 0 Å². The van der Waals surface area contributed by atoms with Crippen LogP contribution < -0.4 is 0 Å². The van der Waals surface area contributed by atoms with Crippen molar-refractivity contribution in [2.45, 2.75) is 53.4 Å². The predicted octanol–water partition coefficient (Wildman–Crippen LogP) is 4.63. The standard InChI is InChI=1S/C10H16S.C2H6/c1-5-8-6-9(11-7-8)10(2,3)4;1-2/h6-7H,5H2,1-4H3;1-2H3. The van der Waals surface area contributed by atoms with Crippen LogP contribution in [0.15, 0.2) is 11.4 Å². The fraction of sp³-hybridized carbons (Fsp3) is 0.667. The molecule has 0 N–H and O–H groups in total. The van der Waals surface area contributed by atoms with Crippen LogP contribution in [0.1, 0.15) is 52.0 Å². The number of hydrogen-bond donors (Lipinski definition) is 0. The third-order valence-electron chi connectivity index (χ3n) is 1.80. The van der Waals surface area contributed by atoms with E-state index in [4.69, 9.17) is 0 Å². The van der Waals surface area contributed by atoms with Crippen LogP contribution in [-0.4, -0.2) is 0 Å². The van der Waals surface area contributed by atoms with Gasteiger partial charge in [-0.2, -0.15) is 0 Å². The smallest absolute Gasteiger partial charge is 0.0102 e. The Morgan fingerprint density at radius 3 is 2.00 bits per heavy atom. The fourth-order valence-corrected chi connectivity index (χ4v) is 2.04. The van der Waals surface area contributed by atoms with E-state index in [1.807, 2.05) is 25.2 Å². The van der Waals surface area contributed by atoms with Crippen LogP contribution in [-0.2, 0) is 11.8 Å². The van der Waals surface area contributed by atoms with E-state index < -0.39 is 0 Å². The summed E-state index contributed by atoms with van der Waals surface area (Å²) >= 11 is 1.88. The molecule has 0 spiro atoms. The number of hydrogen-bond acceptors (Lipinski definition) is 1. The second-order valence-electron chi connectivity index (χ2n) is 3.92. The summed E-state index contributed by atoms with van der Waals surface area (Å²) in [6, 6.07) is 2.32. The highest BCUT2D eigenvalue weighted by Gasteiger charge is 2.15. The van der Waals surface area contributed by atoms with Crippen molar-refractivity contribution < 1.29 is 0 Å². The van der Waals surface area contributed by atoms with Gasteiger partial charge in [-0.1, -0.05) is 41.5 Å². The van der Waals surface area contributed by atoms with Crippen LogP contribution >= 0.6 is 11.3 Å². The molecule has 0 aliphatic heterocycles. The van der Waals surface area contributed by atoms with Gasteiger partial charge < -0.3 is 0 Å². The highest BCUT2D eigenvalue weighted by molar-refractivity contribution is 7.10. The normalized spacial score (nSPS) is 10.6. The van der Waals surface area contributed by atoms with Gasteiger partial charge in [-0.15, -0.1) is 11.3 Å². The Morgan fingerprint density at radius 2 is 1.77 bits per heavy atom. The second kappa shape index (κ2) is 5.43. The quantitative estimate of drug-likeness (QED) is 0.617. The van der Waals surface area contributed by atoms with Gasteiger partial charge in [0.1, 0.15) is 0 Å². The number of aryl methyl sites for hydroxylation is 1. The van der Waals surface area contributed by atoms with E-state index in [1.54, 1.807) is 0 Å². The van der Waals surface area contributed by atoms with Crippen molar-refractivity contribution in [3.63, 3.8) is 0 Å². The van der Waals surface area contributed by atoms with Gasteiger partial charge in [-0.3, -0.25) is 0 Å². The monoisotopic (exact) mass is 198 g/mol. The van der Waals surface area contributed by atoms with Gasteiger partial charge in [-0.25, -0.2) is 0 Å². The summed E-state index contributed by atoms with van der Waals surface area (Å²) in [5, 5.41) is 2.26. The Kier molecular flexibility index (Phi) is 5.31. The predicted molar refractivity (Wildman–Crippen MR) is 63.7 cm³/mol. The second-order valence-corrected chi connectivity index (χ2v) is 4.83. The Balaban J connectivity index is 0.000000671. The Labute approximate surface area is 87.0 Å². The van der Waals surface area contributed by atoms with E-state index in [-0.39, 0.29) is 0 Å². The minimum Gasteiger partial charge on any atom is -0.148 e. The van der Waals surface area contributed by atoms with Crippen LogP contribution in [0.3, 0.4) is 0 Å². The maximum absolute atomic E-state index is 2.32. The van der Waals surface area contributed by atoms with Crippen LogP contribution in [0.4, 0.5) is 0 Å². The first-order chi connectivity index (χ1) is 6.04. The third kappa shape index (κ3) is 3.95. The molecule has 0 aliphatic carbocycles. The zero-order chi connectivity index (χ0) is 10.5. The molecule has 13 heavy (non-hydrogen) atoms. The largest absolute Gasteiger partial charge is 0.148 e. The minimum absolute atomic E-state index is 0.331. The van der Waals surface area contributed by atoms with E-state index in [1.165, 1.54) is 10.4 Å². The van der Waals surface area contributed by atoms with Crippen molar-refractivity contribution >= 4 is 11.3 Å². The fourth-order valence-electron chi connectivity index (χ4n) is 0.954. The van der Waals surface area contributed by atoms with E-state index in [0.717, 1.165) is 6.42 Å². The van der Waals surface area contributed by atoms with E-state index >= 15 is 0 Å². The van der Waals surface area contributed by atoms with Crippen molar-refractivity contribution in [2.24, 2.45) is 0 Å². The van der Waals surface area contributed by atoms with Crippen LogP contribution in [0.25, 0.3) is 0 Å². The van der Waals surface area contributed by atoms with Gasteiger partial charge in [0.15, 0.2) is 0 Å². The van der Waals surface area contributed by atoms with Crippen molar-refractivity contribution in [1.82, 2.24) is 0 Å². The molecule has 0 saturated carbocycles. The summed E-state index contributed by atoms with van der Waals surface area (Å²) in [5.41, 5.74) is 1.80. The van der Waals surface area contributed by atoms with Crippen molar-refractivity contribution in [1.29, 1.82) is 0 Å². The molecule has 0 fully saturated rings. The minimum atomic E-state index is 0.331. The highest BCUT2D eigenvalue weighted by atomic mass is 32.1.